The first-order valence-electron chi connectivity index (χ1n) is 7.84. The van der Waals surface area contributed by atoms with Gasteiger partial charge in [-0.15, -0.1) is 0 Å². The second-order valence-electron chi connectivity index (χ2n) is 6.01. The molecule has 0 saturated carbocycles. The Hall–Kier alpha value is -2.08. The first-order chi connectivity index (χ1) is 10.6. The van der Waals surface area contributed by atoms with Crippen LogP contribution < -0.4 is 11.0 Å². The summed E-state index contributed by atoms with van der Waals surface area (Å²) in [5.74, 6) is 0.240. The number of aryl methyl sites for hydroxylation is 1. The Labute approximate surface area is 128 Å². The van der Waals surface area contributed by atoms with Gasteiger partial charge in [0.2, 0.25) is 5.91 Å². The lowest BCUT2D eigenvalue weighted by molar-refractivity contribution is -0.132. The summed E-state index contributed by atoms with van der Waals surface area (Å²) in [4.78, 5) is 30.9. The minimum Gasteiger partial charge on any atom is -0.340 e. The molecule has 1 aromatic carbocycles. The van der Waals surface area contributed by atoms with Gasteiger partial charge in [0.1, 0.15) is 0 Å². The number of piperazine rings is 1. The summed E-state index contributed by atoms with van der Waals surface area (Å²) < 4.78 is 0. The van der Waals surface area contributed by atoms with E-state index in [1.54, 1.807) is 0 Å². The van der Waals surface area contributed by atoms with Crippen LogP contribution in [0.2, 0.25) is 0 Å². The van der Waals surface area contributed by atoms with Crippen LogP contribution in [0.4, 0.5) is 0 Å². The van der Waals surface area contributed by atoms with E-state index in [4.69, 9.17) is 0 Å². The lowest BCUT2D eigenvalue weighted by Crippen LogP contribution is -2.51. The fraction of sp³-hybridized carbons (Fsp3) is 0.500. The maximum Gasteiger partial charge on any atom is 0.323 e. The minimum atomic E-state index is -0.185. The number of imidazole rings is 1. The molecular weight excluding hydrogens is 280 g/mol. The van der Waals surface area contributed by atoms with Gasteiger partial charge >= 0.3 is 5.69 Å². The smallest absolute Gasteiger partial charge is 0.323 e. The number of benzene rings is 1. The van der Waals surface area contributed by atoms with Gasteiger partial charge in [-0.25, -0.2) is 4.79 Å². The highest BCUT2D eigenvalue weighted by molar-refractivity contribution is 5.76. The zero-order valence-electron chi connectivity index (χ0n) is 12.8. The number of carbonyl (C=O) groups excluding carboxylic acids is 1. The maximum atomic E-state index is 12.2. The topological polar surface area (TPSA) is 81.0 Å². The van der Waals surface area contributed by atoms with Crippen molar-refractivity contribution in [3.05, 3.63) is 34.2 Å². The number of nitrogens with one attached hydrogen (secondary N) is 3. The van der Waals surface area contributed by atoms with Crippen molar-refractivity contribution in [1.29, 1.82) is 0 Å². The van der Waals surface area contributed by atoms with Gasteiger partial charge in [0.15, 0.2) is 0 Å². The average molecular weight is 302 g/mol. The van der Waals surface area contributed by atoms with Crippen molar-refractivity contribution < 1.29 is 4.79 Å². The molecule has 118 valence electrons. The lowest BCUT2D eigenvalue weighted by atomic mass is 10.1. The molecular formula is C16H22N4O2. The molecule has 1 fully saturated rings. The number of rotatable bonds is 4. The predicted octanol–water partition coefficient (Wildman–Crippen LogP) is 0.999. The summed E-state index contributed by atoms with van der Waals surface area (Å²) in [6.07, 6.45) is 2.25. The van der Waals surface area contributed by atoms with Crippen molar-refractivity contribution in [1.82, 2.24) is 20.2 Å². The molecule has 22 heavy (non-hydrogen) atoms. The SMILES string of the molecule is C[C@@H]1CN(C(=O)CCCc2ccc3[nH]c(=O)[nH]c3c2)CCN1. The van der Waals surface area contributed by atoms with E-state index in [0.29, 0.717) is 12.5 Å². The Kier molecular flexibility index (Phi) is 4.29. The number of amides is 1. The van der Waals surface area contributed by atoms with Crippen LogP contribution in [0.1, 0.15) is 25.3 Å². The van der Waals surface area contributed by atoms with E-state index >= 15 is 0 Å². The molecule has 1 aliphatic rings. The summed E-state index contributed by atoms with van der Waals surface area (Å²) in [6, 6.07) is 6.27. The molecule has 1 atom stereocenters. The fourth-order valence-electron chi connectivity index (χ4n) is 3.00. The molecule has 1 aromatic heterocycles. The van der Waals surface area contributed by atoms with Crippen LogP contribution in [0.3, 0.4) is 0 Å². The van der Waals surface area contributed by atoms with Crippen LogP contribution >= 0.6 is 0 Å². The van der Waals surface area contributed by atoms with Crippen LogP contribution in [0.15, 0.2) is 23.0 Å². The highest BCUT2D eigenvalue weighted by Gasteiger charge is 2.19. The summed E-state index contributed by atoms with van der Waals surface area (Å²) in [5, 5.41) is 3.34. The summed E-state index contributed by atoms with van der Waals surface area (Å²) in [6.45, 7) is 4.59. The number of aromatic amines is 2. The predicted molar refractivity (Wildman–Crippen MR) is 85.9 cm³/mol. The highest BCUT2D eigenvalue weighted by atomic mass is 16.2. The molecule has 0 spiro atoms. The van der Waals surface area contributed by atoms with E-state index in [1.165, 1.54) is 0 Å². The number of carbonyl (C=O) groups is 1. The van der Waals surface area contributed by atoms with Crippen molar-refractivity contribution in [3.8, 4) is 0 Å². The average Bonchev–Trinajstić information content (AvgIpc) is 2.86. The van der Waals surface area contributed by atoms with E-state index in [-0.39, 0.29) is 11.6 Å². The molecule has 1 amide bonds. The van der Waals surface area contributed by atoms with Crippen LogP contribution in [0.25, 0.3) is 11.0 Å². The van der Waals surface area contributed by atoms with E-state index < -0.39 is 0 Å². The number of hydrogen-bond acceptors (Lipinski definition) is 3. The quantitative estimate of drug-likeness (QED) is 0.788. The van der Waals surface area contributed by atoms with Gasteiger partial charge in [-0.05, 0) is 37.5 Å². The molecule has 0 bridgehead atoms. The van der Waals surface area contributed by atoms with Crippen LogP contribution in [0, 0.1) is 0 Å². The minimum absolute atomic E-state index is 0.185. The van der Waals surface area contributed by atoms with Crippen LogP contribution in [-0.2, 0) is 11.2 Å². The standard InChI is InChI=1S/C16H22N4O2/c1-11-10-20(8-7-17-11)15(21)4-2-3-12-5-6-13-14(9-12)19-16(22)18-13/h5-6,9,11,17H,2-4,7-8,10H2,1H3,(H2,18,19,22)/t11-/m1/s1. The molecule has 0 radical (unpaired) electrons. The number of hydrogen-bond donors (Lipinski definition) is 3. The third kappa shape index (κ3) is 3.39. The number of fused-ring (bicyclic) bond motifs is 1. The van der Waals surface area contributed by atoms with Gasteiger partial charge in [0, 0.05) is 32.1 Å². The van der Waals surface area contributed by atoms with Gasteiger partial charge in [-0.2, -0.15) is 0 Å². The molecule has 0 aliphatic carbocycles. The Balaban J connectivity index is 1.53. The van der Waals surface area contributed by atoms with Crippen molar-refractivity contribution in [2.45, 2.75) is 32.2 Å². The zero-order chi connectivity index (χ0) is 15.5. The number of nitrogens with zero attached hydrogens (tertiary/aromatic N) is 1. The van der Waals surface area contributed by atoms with Gasteiger partial charge in [0.05, 0.1) is 11.0 Å². The molecule has 2 aromatic rings. The maximum absolute atomic E-state index is 12.2. The van der Waals surface area contributed by atoms with Crippen molar-refractivity contribution in [2.75, 3.05) is 19.6 Å². The van der Waals surface area contributed by atoms with Crippen molar-refractivity contribution in [3.63, 3.8) is 0 Å². The molecule has 3 N–H and O–H groups in total. The van der Waals surface area contributed by atoms with E-state index in [2.05, 4.69) is 22.2 Å². The monoisotopic (exact) mass is 302 g/mol. The van der Waals surface area contributed by atoms with E-state index in [9.17, 15) is 9.59 Å². The summed E-state index contributed by atoms with van der Waals surface area (Å²) >= 11 is 0. The molecule has 6 nitrogen and oxygen atoms in total. The lowest BCUT2D eigenvalue weighted by Gasteiger charge is -2.32. The van der Waals surface area contributed by atoms with Crippen LogP contribution in [0.5, 0.6) is 0 Å². The second kappa shape index (κ2) is 6.36. The van der Waals surface area contributed by atoms with E-state index in [0.717, 1.165) is 49.1 Å². The van der Waals surface area contributed by atoms with Crippen molar-refractivity contribution in [2.24, 2.45) is 0 Å². The number of aromatic nitrogens is 2. The zero-order valence-corrected chi connectivity index (χ0v) is 12.8. The van der Waals surface area contributed by atoms with E-state index in [1.807, 2.05) is 23.1 Å². The molecule has 3 rings (SSSR count). The van der Waals surface area contributed by atoms with Gasteiger partial charge in [-0.1, -0.05) is 6.07 Å². The van der Waals surface area contributed by atoms with Crippen molar-refractivity contribution >= 4 is 16.9 Å². The molecule has 0 unspecified atom stereocenters. The molecule has 6 heteroatoms. The Morgan fingerprint density at radius 2 is 2.14 bits per heavy atom. The molecule has 2 heterocycles. The Morgan fingerprint density at radius 3 is 2.95 bits per heavy atom. The third-order valence-electron chi connectivity index (χ3n) is 4.16. The van der Waals surface area contributed by atoms with Gasteiger partial charge in [0.25, 0.3) is 0 Å². The normalized spacial score (nSPS) is 18.8. The summed E-state index contributed by atoms with van der Waals surface area (Å²) in [5.41, 5.74) is 2.60. The second-order valence-corrected chi connectivity index (χ2v) is 6.01. The highest BCUT2D eigenvalue weighted by Crippen LogP contribution is 2.13. The third-order valence-corrected chi connectivity index (χ3v) is 4.16. The number of H-pyrrole nitrogens is 2. The first kappa shape index (κ1) is 14.8. The fourth-order valence-corrected chi connectivity index (χ4v) is 3.00. The van der Waals surface area contributed by atoms with Gasteiger partial charge in [-0.3, -0.25) is 4.79 Å². The first-order valence-corrected chi connectivity index (χ1v) is 7.84. The Morgan fingerprint density at radius 1 is 1.32 bits per heavy atom. The van der Waals surface area contributed by atoms with Gasteiger partial charge < -0.3 is 20.2 Å². The molecule has 1 aliphatic heterocycles. The Bertz CT molecular complexity index is 718. The largest absolute Gasteiger partial charge is 0.340 e. The molecule has 1 saturated heterocycles. The summed E-state index contributed by atoms with van der Waals surface area (Å²) in [7, 11) is 0. The van der Waals surface area contributed by atoms with Crippen LogP contribution in [-0.4, -0.2) is 46.5 Å².